The molecule has 0 aromatic carbocycles. The van der Waals surface area contributed by atoms with Crippen LogP contribution in [-0.2, 0) is 4.79 Å². The molecule has 0 saturated carbocycles. The molecule has 162 valence electrons. The fourth-order valence-corrected chi connectivity index (χ4v) is 2.86. The van der Waals surface area contributed by atoms with Crippen molar-refractivity contribution in [1.29, 1.82) is 0 Å². The largest absolute Gasteiger partial charge is 0.394 e. The molecule has 28 heavy (non-hydrogen) atoms. The van der Waals surface area contributed by atoms with Gasteiger partial charge in [0.05, 0.1) is 18.8 Å². The summed E-state index contributed by atoms with van der Waals surface area (Å²) in [6, 6.07) is -0.635. The average Bonchev–Trinajstić information content (AvgIpc) is 2.70. The summed E-state index contributed by atoms with van der Waals surface area (Å²) >= 11 is 0. The quantitative estimate of drug-likeness (QED) is 0.221. The fraction of sp³-hybridized carbons (Fsp3) is 0.708. The third-order valence-electron chi connectivity index (χ3n) is 4.62. The molecule has 3 N–H and O–H groups in total. The van der Waals surface area contributed by atoms with E-state index < -0.39 is 12.1 Å². The minimum Gasteiger partial charge on any atom is -0.394 e. The SMILES string of the molecule is CC/C=C/CC/C=C/CC/C=C/C(O)C(CO)NC(=O)CCCCCCCC. The minimum atomic E-state index is -0.860. The fourth-order valence-electron chi connectivity index (χ4n) is 2.86. The van der Waals surface area contributed by atoms with Crippen LogP contribution in [0.15, 0.2) is 36.5 Å². The van der Waals surface area contributed by atoms with Crippen LogP contribution in [0.5, 0.6) is 0 Å². The van der Waals surface area contributed by atoms with Crippen LogP contribution in [0.2, 0.25) is 0 Å². The van der Waals surface area contributed by atoms with Crippen LogP contribution in [0.25, 0.3) is 0 Å². The Bertz CT molecular complexity index is 443. The molecule has 0 aliphatic heterocycles. The molecule has 0 aromatic heterocycles. The number of unbranched alkanes of at least 4 members (excludes halogenated alkanes) is 7. The summed E-state index contributed by atoms with van der Waals surface area (Å²) < 4.78 is 0. The summed E-state index contributed by atoms with van der Waals surface area (Å²) in [5, 5.41) is 22.4. The molecular weight excluding hydrogens is 350 g/mol. The van der Waals surface area contributed by atoms with Crippen LogP contribution in [-0.4, -0.2) is 34.9 Å². The Balaban J connectivity index is 3.92. The Morgan fingerprint density at radius 3 is 2.04 bits per heavy atom. The first-order valence-corrected chi connectivity index (χ1v) is 11.2. The van der Waals surface area contributed by atoms with Crippen molar-refractivity contribution in [1.82, 2.24) is 5.32 Å². The Hall–Kier alpha value is -1.39. The second-order valence-corrected chi connectivity index (χ2v) is 7.30. The van der Waals surface area contributed by atoms with Gasteiger partial charge >= 0.3 is 0 Å². The third-order valence-corrected chi connectivity index (χ3v) is 4.62. The number of nitrogens with one attached hydrogen (secondary N) is 1. The number of allylic oxidation sites excluding steroid dienone is 5. The molecule has 0 bridgehead atoms. The zero-order valence-corrected chi connectivity index (χ0v) is 18.1. The third kappa shape index (κ3) is 16.8. The van der Waals surface area contributed by atoms with Crippen molar-refractivity contribution in [2.24, 2.45) is 0 Å². The smallest absolute Gasteiger partial charge is 0.220 e. The highest BCUT2D eigenvalue weighted by Crippen LogP contribution is 2.07. The molecule has 0 aliphatic rings. The van der Waals surface area contributed by atoms with E-state index in [9.17, 15) is 15.0 Å². The monoisotopic (exact) mass is 393 g/mol. The van der Waals surface area contributed by atoms with Crippen molar-refractivity contribution in [3.63, 3.8) is 0 Å². The van der Waals surface area contributed by atoms with Gasteiger partial charge in [-0.15, -0.1) is 0 Å². The van der Waals surface area contributed by atoms with E-state index in [1.165, 1.54) is 25.7 Å². The predicted molar refractivity (Wildman–Crippen MR) is 119 cm³/mol. The molecule has 1 amide bonds. The molecule has 2 unspecified atom stereocenters. The second kappa shape index (κ2) is 20.3. The number of aliphatic hydroxyl groups excluding tert-OH is 2. The van der Waals surface area contributed by atoms with E-state index in [0.29, 0.717) is 6.42 Å². The highest BCUT2D eigenvalue weighted by Gasteiger charge is 2.17. The maximum atomic E-state index is 12.0. The summed E-state index contributed by atoms with van der Waals surface area (Å²) in [5.41, 5.74) is 0. The molecule has 0 rings (SSSR count). The standard InChI is InChI=1S/C24H43NO3/c1-3-5-7-9-11-12-13-14-15-17-19-23(27)22(21-26)25-24(28)20-18-16-10-8-6-4-2/h5,7,12-13,17,19,22-23,26-27H,3-4,6,8-11,14-16,18,20-21H2,1-2H3,(H,25,28)/b7-5+,13-12+,19-17+. The number of aliphatic hydroxyl groups is 2. The van der Waals surface area contributed by atoms with E-state index in [1.54, 1.807) is 6.08 Å². The van der Waals surface area contributed by atoms with Gasteiger partial charge in [-0.2, -0.15) is 0 Å². The van der Waals surface area contributed by atoms with Gasteiger partial charge in [-0.05, 0) is 38.5 Å². The summed E-state index contributed by atoms with van der Waals surface area (Å²) in [5.74, 6) is -0.0953. The van der Waals surface area contributed by atoms with Crippen molar-refractivity contribution >= 4 is 5.91 Å². The first-order chi connectivity index (χ1) is 13.7. The summed E-state index contributed by atoms with van der Waals surface area (Å²) in [6.07, 6.45) is 23.7. The zero-order chi connectivity index (χ0) is 20.9. The van der Waals surface area contributed by atoms with Crippen LogP contribution in [0.1, 0.15) is 90.9 Å². The van der Waals surface area contributed by atoms with Crippen LogP contribution in [0, 0.1) is 0 Å². The van der Waals surface area contributed by atoms with Gasteiger partial charge in [0.2, 0.25) is 5.91 Å². The first kappa shape index (κ1) is 26.6. The van der Waals surface area contributed by atoms with E-state index in [0.717, 1.165) is 44.9 Å². The van der Waals surface area contributed by atoms with Gasteiger partial charge in [-0.1, -0.05) is 82.4 Å². The van der Waals surface area contributed by atoms with Crippen LogP contribution < -0.4 is 5.32 Å². The van der Waals surface area contributed by atoms with Gasteiger partial charge < -0.3 is 15.5 Å². The minimum absolute atomic E-state index is 0.0953. The van der Waals surface area contributed by atoms with Crippen LogP contribution in [0.4, 0.5) is 0 Å². The molecule has 4 heteroatoms. The van der Waals surface area contributed by atoms with Crippen molar-refractivity contribution < 1.29 is 15.0 Å². The Labute approximate surface area is 172 Å². The van der Waals surface area contributed by atoms with Crippen LogP contribution >= 0.6 is 0 Å². The molecule has 0 aliphatic carbocycles. The highest BCUT2D eigenvalue weighted by molar-refractivity contribution is 5.76. The number of hydrogen-bond donors (Lipinski definition) is 3. The molecule has 0 aromatic rings. The van der Waals surface area contributed by atoms with Crippen molar-refractivity contribution in [2.75, 3.05) is 6.61 Å². The number of rotatable bonds is 18. The molecule has 4 nitrogen and oxygen atoms in total. The molecule has 0 radical (unpaired) electrons. The predicted octanol–water partition coefficient (Wildman–Crippen LogP) is 5.21. The van der Waals surface area contributed by atoms with Gasteiger partial charge in [-0.25, -0.2) is 0 Å². The maximum Gasteiger partial charge on any atom is 0.220 e. The molecule has 0 spiro atoms. The van der Waals surface area contributed by atoms with E-state index in [2.05, 4.69) is 43.5 Å². The summed E-state index contributed by atoms with van der Waals surface area (Å²) in [6.45, 7) is 4.06. The molecule has 0 saturated heterocycles. The van der Waals surface area contributed by atoms with E-state index in [-0.39, 0.29) is 12.5 Å². The number of hydrogen-bond acceptors (Lipinski definition) is 3. The van der Waals surface area contributed by atoms with Gasteiger partial charge in [-0.3, -0.25) is 4.79 Å². The number of amides is 1. The molecule has 0 heterocycles. The normalized spacial score (nSPS) is 14.3. The Morgan fingerprint density at radius 2 is 1.43 bits per heavy atom. The lowest BCUT2D eigenvalue weighted by Gasteiger charge is -2.19. The van der Waals surface area contributed by atoms with Gasteiger partial charge in [0.15, 0.2) is 0 Å². The zero-order valence-electron chi connectivity index (χ0n) is 18.1. The summed E-state index contributed by atoms with van der Waals surface area (Å²) in [4.78, 5) is 12.0. The van der Waals surface area contributed by atoms with Gasteiger partial charge in [0.25, 0.3) is 0 Å². The van der Waals surface area contributed by atoms with Gasteiger partial charge in [0.1, 0.15) is 0 Å². The molecule has 2 atom stereocenters. The average molecular weight is 394 g/mol. The van der Waals surface area contributed by atoms with Crippen LogP contribution in [0.3, 0.4) is 0 Å². The molecule has 0 fully saturated rings. The maximum absolute atomic E-state index is 12.0. The number of carbonyl (C=O) groups excluding carboxylic acids is 1. The topological polar surface area (TPSA) is 69.6 Å². The van der Waals surface area contributed by atoms with E-state index in [1.807, 2.05) is 6.08 Å². The van der Waals surface area contributed by atoms with E-state index in [4.69, 9.17) is 0 Å². The summed E-state index contributed by atoms with van der Waals surface area (Å²) in [7, 11) is 0. The lowest BCUT2D eigenvalue weighted by molar-refractivity contribution is -0.123. The Kier molecular flexibility index (Phi) is 19.3. The van der Waals surface area contributed by atoms with Crippen molar-refractivity contribution in [2.45, 2.75) is 103 Å². The molecular formula is C24H43NO3. The highest BCUT2D eigenvalue weighted by atomic mass is 16.3. The Morgan fingerprint density at radius 1 is 0.857 bits per heavy atom. The van der Waals surface area contributed by atoms with Crippen molar-refractivity contribution in [3.05, 3.63) is 36.5 Å². The first-order valence-electron chi connectivity index (χ1n) is 11.2. The second-order valence-electron chi connectivity index (χ2n) is 7.30. The lowest BCUT2D eigenvalue weighted by atomic mass is 10.1. The van der Waals surface area contributed by atoms with E-state index >= 15 is 0 Å². The van der Waals surface area contributed by atoms with Gasteiger partial charge in [0, 0.05) is 6.42 Å². The number of carbonyl (C=O) groups is 1. The lowest BCUT2D eigenvalue weighted by Crippen LogP contribution is -2.45. The van der Waals surface area contributed by atoms with Crippen molar-refractivity contribution in [3.8, 4) is 0 Å².